The monoisotopic (exact) mass is 331 g/mol. The van der Waals surface area contributed by atoms with Crippen molar-refractivity contribution in [3.05, 3.63) is 58.3 Å². The Morgan fingerprint density at radius 1 is 0.870 bits per heavy atom. The molecule has 23 heavy (non-hydrogen) atoms. The molecule has 0 bridgehead atoms. The average Bonchev–Trinajstić information content (AvgIpc) is 3.07. The van der Waals surface area contributed by atoms with E-state index in [1.807, 2.05) is 47.8 Å². The molecule has 0 radical (unpaired) electrons. The van der Waals surface area contributed by atoms with Crippen molar-refractivity contribution in [1.82, 2.24) is 16.0 Å². The maximum atomic E-state index is 11.6. The molecule has 6 heteroatoms. The number of hydrogen-bond donors (Lipinski definition) is 3. The Bertz CT molecular complexity index is 600. The first-order chi connectivity index (χ1) is 11.2. The molecule has 2 aromatic rings. The first kappa shape index (κ1) is 17.0. The van der Waals surface area contributed by atoms with E-state index in [2.05, 4.69) is 16.0 Å². The molecule has 0 saturated carbocycles. The Labute approximate surface area is 140 Å². The minimum absolute atomic E-state index is 0.0143. The van der Waals surface area contributed by atoms with Crippen LogP contribution in [0.1, 0.15) is 10.4 Å². The number of carbonyl (C=O) groups is 2. The molecule has 1 aromatic carbocycles. The average molecular weight is 331 g/mol. The molecular weight excluding hydrogens is 310 g/mol. The molecule has 122 valence electrons. The SMILES string of the molecule is O=C(CNC(=O)NCCc1cccs1)NCCc1ccccc1. The summed E-state index contributed by atoms with van der Waals surface area (Å²) in [6.07, 6.45) is 1.58. The zero-order valence-electron chi connectivity index (χ0n) is 12.9. The summed E-state index contributed by atoms with van der Waals surface area (Å²) in [5.74, 6) is -0.186. The van der Waals surface area contributed by atoms with Gasteiger partial charge in [-0.25, -0.2) is 4.79 Å². The van der Waals surface area contributed by atoms with Crippen LogP contribution in [0, 0.1) is 0 Å². The highest BCUT2D eigenvalue weighted by atomic mass is 32.1. The molecule has 2 rings (SSSR count). The largest absolute Gasteiger partial charge is 0.354 e. The van der Waals surface area contributed by atoms with E-state index in [4.69, 9.17) is 0 Å². The van der Waals surface area contributed by atoms with Gasteiger partial charge in [-0.1, -0.05) is 36.4 Å². The minimum atomic E-state index is -0.320. The highest BCUT2D eigenvalue weighted by Gasteiger charge is 2.04. The van der Waals surface area contributed by atoms with Crippen molar-refractivity contribution in [3.63, 3.8) is 0 Å². The Morgan fingerprint density at radius 3 is 2.39 bits per heavy atom. The summed E-state index contributed by atoms with van der Waals surface area (Å²) in [5.41, 5.74) is 1.17. The van der Waals surface area contributed by atoms with Crippen molar-refractivity contribution >= 4 is 23.3 Å². The number of benzene rings is 1. The number of thiophene rings is 1. The van der Waals surface area contributed by atoms with Gasteiger partial charge in [0.2, 0.25) is 5.91 Å². The van der Waals surface area contributed by atoms with Crippen LogP contribution in [-0.2, 0) is 17.6 Å². The molecule has 0 saturated heterocycles. The lowest BCUT2D eigenvalue weighted by molar-refractivity contribution is -0.120. The van der Waals surface area contributed by atoms with Crippen molar-refractivity contribution in [3.8, 4) is 0 Å². The van der Waals surface area contributed by atoms with Gasteiger partial charge in [-0.3, -0.25) is 4.79 Å². The third-order valence-corrected chi connectivity index (χ3v) is 4.16. The fourth-order valence-corrected chi connectivity index (χ4v) is 2.74. The number of carbonyl (C=O) groups excluding carboxylic acids is 2. The van der Waals surface area contributed by atoms with Gasteiger partial charge >= 0.3 is 6.03 Å². The Balaban J connectivity index is 1.52. The van der Waals surface area contributed by atoms with Crippen LogP contribution in [0.4, 0.5) is 4.79 Å². The van der Waals surface area contributed by atoms with Gasteiger partial charge in [0, 0.05) is 18.0 Å². The van der Waals surface area contributed by atoms with Gasteiger partial charge in [-0.15, -0.1) is 11.3 Å². The summed E-state index contributed by atoms with van der Waals surface area (Å²) >= 11 is 1.66. The molecule has 3 N–H and O–H groups in total. The van der Waals surface area contributed by atoms with Crippen LogP contribution >= 0.6 is 11.3 Å². The van der Waals surface area contributed by atoms with Gasteiger partial charge < -0.3 is 16.0 Å². The molecule has 0 aliphatic carbocycles. The molecular formula is C17H21N3O2S. The molecule has 0 unspecified atom stereocenters. The van der Waals surface area contributed by atoms with E-state index in [9.17, 15) is 9.59 Å². The van der Waals surface area contributed by atoms with Gasteiger partial charge in [0.1, 0.15) is 0 Å². The van der Waals surface area contributed by atoms with E-state index in [0.29, 0.717) is 13.1 Å². The third kappa shape index (κ3) is 6.97. The van der Waals surface area contributed by atoms with E-state index >= 15 is 0 Å². The lowest BCUT2D eigenvalue weighted by atomic mass is 10.1. The first-order valence-electron chi connectivity index (χ1n) is 7.59. The van der Waals surface area contributed by atoms with Crippen LogP contribution in [0.2, 0.25) is 0 Å². The Hall–Kier alpha value is -2.34. The summed E-state index contributed by atoms with van der Waals surface area (Å²) in [6.45, 7) is 1.10. The molecule has 3 amide bonds. The summed E-state index contributed by atoms with van der Waals surface area (Å²) in [6, 6.07) is 13.6. The van der Waals surface area contributed by atoms with Crippen molar-refractivity contribution in [1.29, 1.82) is 0 Å². The van der Waals surface area contributed by atoms with E-state index < -0.39 is 0 Å². The Kier molecular flexibility index (Phi) is 7.13. The molecule has 1 aromatic heterocycles. The second kappa shape index (κ2) is 9.63. The Morgan fingerprint density at radius 2 is 1.65 bits per heavy atom. The van der Waals surface area contributed by atoms with E-state index in [1.165, 1.54) is 10.4 Å². The van der Waals surface area contributed by atoms with Crippen LogP contribution in [0.15, 0.2) is 47.8 Å². The van der Waals surface area contributed by atoms with Crippen LogP contribution in [0.25, 0.3) is 0 Å². The van der Waals surface area contributed by atoms with E-state index in [0.717, 1.165) is 12.8 Å². The molecule has 0 atom stereocenters. The van der Waals surface area contributed by atoms with Crippen LogP contribution < -0.4 is 16.0 Å². The van der Waals surface area contributed by atoms with E-state index in [-0.39, 0.29) is 18.5 Å². The van der Waals surface area contributed by atoms with Gasteiger partial charge in [-0.2, -0.15) is 0 Å². The van der Waals surface area contributed by atoms with Gasteiger partial charge in [0.25, 0.3) is 0 Å². The summed E-state index contributed by atoms with van der Waals surface area (Å²) < 4.78 is 0. The van der Waals surface area contributed by atoms with Crippen molar-refractivity contribution in [2.75, 3.05) is 19.6 Å². The second-order valence-corrected chi connectivity index (χ2v) is 6.06. The topological polar surface area (TPSA) is 70.2 Å². The van der Waals surface area contributed by atoms with Gasteiger partial charge in [-0.05, 0) is 29.9 Å². The van der Waals surface area contributed by atoms with Crippen molar-refractivity contribution in [2.24, 2.45) is 0 Å². The highest BCUT2D eigenvalue weighted by molar-refractivity contribution is 7.09. The normalized spacial score (nSPS) is 10.1. The summed E-state index contributed by atoms with van der Waals surface area (Å²) in [7, 11) is 0. The standard InChI is InChI=1S/C17H21N3O2S/c21-16(18-10-8-14-5-2-1-3-6-14)13-20-17(22)19-11-9-15-7-4-12-23-15/h1-7,12H,8-11,13H2,(H,18,21)(H2,19,20,22). The third-order valence-electron chi connectivity index (χ3n) is 3.23. The van der Waals surface area contributed by atoms with Crippen molar-refractivity contribution < 1.29 is 9.59 Å². The van der Waals surface area contributed by atoms with Crippen molar-refractivity contribution in [2.45, 2.75) is 12.8 Å². The van der Waals surface area contributed by atoms with Crippen LogP contribution in [0.5, 0.6) is 0 Å². The minimum Gasteiger partial charge on any atom is -0.354 e. The van der Waals surface area contributed by atoms with Gasteiger partial charge in [0.05, 0.1) is 6.54 Å². The number of amides is 3. The zero-order chi connectivity index (χ0) is 16.3. The molecule has 0 fully saturated rings. The molecule has 5 nitrogen and oxygen atoms in total. The predicted octanol–water partition coefficient (Wildman–Crippen LogP) is 1.95. The fourth-order valence-electron chi connectivity index (χ4n) is 2.03. The first-order valence-corrected chi connectivity index (χ1v) is 8.47. The molecule has 0 aliphatic rings. The predicted molar refractivity (Wildman–Crippen MR) is 92.6 cm³/mol. The lowest BCUT2D eigenvalue weighted by Crippen LogP contribution is -2.42. The summed E-state index contributed by atoms with van der Waals surface area (Å²) in [5, 5.41) is 10.1. The van der Waals surface area contributed by atoms with Gasteiger partial charge in [0.15, 0.2) is 0 Å². The lowest BCUT2D eigenvalue weighted by Gasteiger charge is -2.08. The molecule has 0 spiro atoms. The van der Waals surface area contributed by atoms with Crippen LogP contribution in [0.3, 0.4) is 0 Å². The maximum absolute atomic E-state index is 11.6. The zero-order valence-corrected chi connectivity index (χ0v) is 13.7. The maximum Gasteiger partial charge on any atom is 0.315 e. The number of rotatable bonds is 8. The van der Waals surface area contributed by atoms with E-state index in [1.54, 1.807) is 11.3 Å². The number of urea groups is 1. The van der Waals surface area contributed by atoms with Crippen LogP contribution in [-0.4, -0.2) is 31.6 Å². The number of hydrogen-bond acceptors (Lipinski definition) is 3. The highest BCUT2D eigenvalue weighted by Crippen LogP contribution is 2.07. The molecule has 0 aliphatic heterocycles. The second-order valence-electron chi connectivity index (χ2n) is 5.02. The fraction of sp³-hybridized carbons (Fsp3) is 0.294. The quantitative estimate of drug-likeness (QED) is 0.692. The number of nitrogens with one attached hydrogen (secondary N) is 3. The summed E-state index contributed by atoms with van der Waals surface area (Å²) in [4.78, 5) is 24.4. The molecule has 1 heterocycles. The smallest absolute Gasteiger partial charge is 0.315 e.